The number of benzene rings is 1. The fourth-order valence-electron chi connectivity index (χ4n) is 1.69. The number of aliphatic hydroxyl groups excluding tert-OH is 1. The zero-order valence-electron chi connectivity index (χ0n) is 10.8. The van der Waals surface area contributed by atoms with Crippen molar-refractivity contribution in [3.8, 4) is 0 Å². The van der Waals surface area contributed by atoms with Crippen molar-refractivity contribution in [3.63, 3.8) is 0 Å². The van der Waals surface area contributed by atoms with Gasteiger partial charge in [-0.15, -0.1) is 0 Å². The smallest absolute Gasteiger partial charge is 0.240 e. The normalized spacial score (nSPS) is 13.3. The molecule has 2 rings (SSSR count). The van der Waals surface area contributed by atoms with E-state index in [1.165, 1.54) is 11.3 Å². The zero-order valence-corrected chi connectivity index (χ0v) is 13.2. The Labute approximate surface area is 131 Å². The van der Waals surface area contributed by atoms with E-state index in [1.807, 2.05) is 5.38 Å². The molecular weight excluding hydrogens is 337 g/mol. The van der Waals surface area contributed by atoms with E-state index in [1.54, 1.807) is 11.4 Å². The molecule has 0 fully saturated rings. The molecule has 1 aromatic carbocycles. The van der Waals surface area contributed by atoms with Crippen LogP contribution in [0.1, 0.15) is 18.1 Å². The van der Waals surface area contributed by atoms with Gasteiger partial charge in [0.1, 0.15) is 5.82 Å². The van der Waals surface area contributed by atoms with Crippen LogP contribution in [0.5, 0.6) is 0 Å². The monoisotopic (exact) mass is 349 g/mol. The average molecular weight is 350 g/mol. The van der Waals surface area contributed by atoms with Gasteiger partial charge in [-0.1, -0.05) is 11.6 Å². The molecule has 1 atom stereocenters. The summed E-state index contributed by atoms with van der Waals surface area (Å²) in [6.07, 6.45) is -0.485. The van der Waals surface area contributed by atoms with E-state index in [-0.39, 0.29) is 22.9 Å². The van der Waals surface area contributed by atoms with Crippen LogP contribution < -0.4 is 4.72 Å². The summed E-state index contributed by atoms with van der Waals surface area (Å²) >= 11 is 7.02. The standard InChI is InChI=1S/C13H13ClFNO3S2/c14-11-7-10(1-2-12(11)15)21(18,19)16-5-3-13(17)9-4-6-20-8-9/h1-2,4,6-8,13,16-17H,3,5H2/t13-/m0/s1. The van der Waals surface area contributed by atoms with Crippen LogP contribution in [0.4, 0.5) is 4.39 Å². The minimum atomic E-state index is -3.77. The third kappa shape index (κ3) is 4.24. The molecule has 21 heavy (non-hydrogen) atoms. The fourth-order valence-corrected chi connectivity index (χ4v) is 3.71. The first-order valence-corrected chi connectivity index (χ1v) is 8.85. The molecule has 0 aliphatic heterocycles. The minimum Gasteiger partial charge on any atom is -0.388 e. The highest BCUT2D eigenvalue weighted by Gasteiger charge is 2.16. The summed E-state index contributed by atoms with van der Waals surface area (Å²) in [5.74, 6) is -0.677. The molecule has 0 aliphatic carbocycles. The van der Waals surface area contributed by atoms with Gasteiger partial charge in [-0.05, 0) is 47.0 Å². The third-order valence-electron chi connectivity index (χ3n) is 2.84. The summed E-state index contributed by atoms with van der Waals surface area (Å²) in [4.78, 5) is -0.112. The molecule has 0 spiro atoms. The first-order valence-electron chi connectivity index (χ1n) is 6.05. The molecule has 0 aliphatic rings. The van der Waals surface area contributed by atoms with Crippen LogP contribution in [-0.4, -0.2) is 20.1 Å². The number of halogens is 2. The Morgan fingerprint density at radius 2 is 2.14 bits per heavy atom. The van der Waals surface area contributed by atoms with Crippen molar-refractivity contribution in [1.82, 2.24) is 4.72 Å². The van der Waals surface area contributed by atoms with Gasteiger partial charge < -0.3 is 5.11 Å². The van der Waals surface area contributed by atoms with E-state index >= 15 is 0 Å². The van der Waals surface area contributed by atoms with Crippen molar-refractivity contribution < 1.29 is 17.9 Å². The van der Waals surface area contributed by atoms with Crippen molar-refractivity contribution in [2.75, 3.05) is 6.54 Å². The van der Waals surface area contributed by atoms with Crippen molar-refractivity contribution in [2.45, 2.75) is 17.4 Å². The first-order chi connectivity index (χ1) is 9.90. The van der Waals surface area contributed by atoms with Gasteiger partial charge in [-0.2, -0.15) is 11.3 Å². The largest absolute Gasteiger partial charge is 0.388 e. The molecule has 8 heteroatoms. The molecule has 0 saturated carbocycles. The topological polar surface area (TPSA) is 66.4 Å². The van der Waals surface area contributed by atoms with E-state index < -0.39 is 21.9 Å². The number of sulfonamides is 1. The Morgan fingerprint density at radius 3 is 2.76 bits per heavy atom. The van der Waals surface area contributed by atoms with Crippen molar-refractivity contribution in [1.29, 1.82) is 0 Å². The van der Waals surface area contributed by atoms with E-state index in [0.29, 0.717) is 0 Å². The molecule has 0 unspecified atom stereocenters. The van der Waals surface area contributed by atoms with Gasteiger partial charge in [0.25, 0.3) is 0 Å². The average Bonchev–Trinajstić information content (AvgIpc) is 2.95. The Balaban J connectivity index is 1.96. The van der Waals surface area contributed by atoms with Crippen LogP contribution in [-0.2, 0) is 10.0 Å². The fraction of sp³-hybridized carbons (Fsp3) is 0.231. The Morgan fingerprint density at radius 1 is 1.38 bits per heavy atom. The first kappa shape index (κ1) is 16.4. The second kappa shape index (κ2) is 6.85. The molecule has 0 saturated heterocycles. The van der Waals surface area contributed by atoms with Gasteiger partial charge in [-0.3, -0.25) is 0 Å². The highest BCUT2D eigenvalue weighted by atomic mass is 35.5. The van der Waals surface area contributed by atoms with Gasteiger partial charge in [-0.25, -0.2) is 17.5 Å². The number of hydrogen-bond donors (Lipinski definition) is 2. The lowest BCUT2D eigenvalue weighted by molar-refractivity contribution is 0.169. The van der Waals surface area contributed by atoms with E-state index in [2.05, 4.69) is 4.72 Å². The Bertz CT molecular complexity index is 704. The lowest BCUT2D eigenvalue weighted by Crippen LogP contribution is -2.26. The quantitative estimate of drug-likeness (QED) is 0.842. The molecule has 2 aromatic rings. The number of rotatable bonds is 6. The van der Waals surface area contributed by atoms with Gasteiger partial charge in [0.15, 0.2) is 0 Å². The van der Waals surface area contributed by atoms with Gasteiger partial charge in [0.05, 0.1) is 16.0 Å². The van der Waals surface area contributed by atoms with Crippen LogP contribution in [0, 0.1) is 5.82 Å². The zero-order chi connectivity index (χ0) is 15.5. The summed E-state index contributed by atoms with van der Waals surface area (Å²) in [7, 11) is -3.77. The third-order valence-corrected chi connectivity index (χ3v) is 5.29. The second-order valence-electron chi connectivity index (χ2n) is 4.33. The molecule has 0 amide bonds. The van der Waals surface area contributed by atoms with Crippen molar-refractivity contribution >= 4 is 33.0 Å². The summed E-state index contributed by atoms with van der Waals surface area (Å²) in [6, 6.07) is 4.97. The molecule has 0 radical (unpaired) electrons. The van der Waals surface area contributed by atoms with Crippen LogP contribution in [0.25, 0.3) is 0 Å². The summed E-state index contributed by atoms with van der Waals surface area (Å²) in [5.41, 5.74) is 0.754. The van der Waals surface area contributed by atoms with Gasteiger partial charge in [0, 0.05) is 6.54 Å². The molecule has 2 N–H and O–H groups in total. The SMILES string of the molecule is O=S(=O)(NCC[C@H](O)c1ccsc1)c1ccc(F)c(Cl)c1. The Hall–Kier alpha value is -0.990. The molecular formula is C13H13ClFNO3S2. The molecule has 114 valence electrons. The predicted molar refractivity (Wildman–Crippen MR) is 80.5 cm³/mol. The van der Waals surface area contributed by atoms with E-state index in [4.69, 9.17) is 11.6 Å². The van der Waals surface area contributed by atoms with E-state index in [9.17, 15) is 17.9 Å². The maximum atomic E-state index is 13.0. The lowest BCUT2D eigenvalue weighted by atomic mass is 10.1. The van der Waals surface area contributed by atoms with E-state index in [0.717, 1.165) is 23.8 Å². The Kier molecular flexibility index (Phi) is 5.34. The maximum absolute atomic E-state index is 13.0. The van der Waals surface area contributed by atoms with Crippen LogP contribution in [0.2, 0.25) is 5.02 Å². The molecule has 1 heterocycles. The van der Waals surface area contributed by atoms with Gasteiger partial charge in [0.2, 0.25) is 10.0 Å². The number of aliphatic hydroxyl groups is 1. The number of thiophene rings is 1. The maximum Gasteiger partial charge on any atom is 0.240 e. The van der Waals surface area contributed by atoms with Crippen LogP contribution >= 0.6 is 22.9 Å². The molecule has 1 aromatic heterocycles. The predicted octanol–water partition coefficient (Wildman–Crippen LogP) is 2.94. The van der Waals surface area contributed by atoms with Gasteiger partial charge >= 0.3 is 0 Å². The summed E-state index contributed by atoms with van der Waals surface area (Å²) in [6.45, 7) is 0.0638. The summed E-state index contributed by atoms with van der Waals surface area (Å²) < 4.78 is 39.4. The minimum absolute atomic E-state index is 0.0638. The highest BCUT2D eigenvalue weighted by molar-refractivity contribution is 7.89. The highest BCUT2D eigenvalue weighted by Crippen LogP contribution is 2.21. The van der Waals surface area contributed by atoms with Crippen LogP contribution in [0.15, 0.2) is 39.9 Å². The van der Waals surface area contributed by atoms with Crippen molar-refractivity contribution in [2.24, 2.45) is 0 Å². The van der Waals surface area contributed by atoms with Crippen LogP contribution in [0.3, 0.4) is 0 Å². The number of hydrogen-bond acceptors (Lipinski definition) is 4. The summed E-state index contributed by atoms with van der Waals surface area (Å²) in [5, 5.41) is 13.2. The lowest BCUT2D eigenvalue weighted by Gasteiger charge is -2.10. The number of nitrogens with one attached hydrogen (secondary N) is 1. The molecule has 0 bridgehead atoms. The van der Waals surface area contributed by atoms with Crippen molar-refractivity contribution in [3.05, 3.63) is 51.4 Å². The second-order valence-corrected chi connectivity index (χ2v) is 7.29. The molecule has 4 nitrogen and oxygen atoms in total.